The number of aryl methyl sites for hydroxylation is 2. The number of aromatic nitrogens is 1. The fourth-order valence-electron chi connectivity index (χ4n) is 3.09. The van der Waals surface area contributed by atoms with E-state index in [1.165, 1.54) is 49.0 Å². The molecule has 0 unspecified atom stereocenters. The number of benzene rings is 1. The molecule has 3 heteroatoms. The Morgan fingerprint density at radius 2 is 1.95 bits per heavy atom. The lowest BCUT2D eigenvalue weighted by atomic mass is 10.0. The second-order valence-corrected chi connectivity index (χ2v) is 5.99. The van der Waals surface area contributed by atoms with Crippen LogP contribution >= 0.6 is 11.6 Å². The lowest BCUT2D eigenvalue weighted by molar-refractivity contribution is 0.578. The standard InChI is InChI=1S/C17H21ClN2/c1-13-11-14(7-8-18)16-12-15(5-6-17(16)19-13)20-9-3-2-4-10-20/h5-6,11-12H,2-4,7-10H2,1H3. The van der Waals surface area contributed by atoms with Crippen LogP contribution in [-0.2, 0) is 6.42 Å². The lowest BCUT2D eigenvalue weighted by Crippen LogP contribution is -2.29. The molecule has 0 radical (unpaired) electrons. The van der Waals surface area contributed by atoms with E-state index in [0.29, 0.717) is 5.88 Å². The summed E-state index contributed by atoms with van der Waals surface area (Å²) in [4.78, 5) is 7.14. The molecule has 0 aliphatic carbocycles. The summed E-state index contributed by atoms with van der Waals surface area (Å²) in [6, 6.07) is 8.84. The predicted octanol–water partition coefficient (Wildman–Crippen LogP) is 4.31. The number of pyridine rings is 1. The van der Waals surface area contributed by atoms with Gasteiger partial charge in [-0.2, -0.15) is 0 Å². The van der Waals surface area contributed by atoms with Crippen LogP contribution in [0.15, 0.2) is 24.3 Å². The molecule has 1 aromatic carbocycles. The van der Waals surface area contributed by atoms with E-state index in [2.05, 4.69) is 41.1 Å². The van der Waals surface area contributed by atoms with Crippen LogP contribution < -0.4 is 4.90 Å². The molecular formula is C17H21ClN2. The average molecular weight is 289 g/mol. The molecule has 1 saturated heterocycles. The zero-order valence-electron chi connectivity index (χ0n) is 12.0. The summed E-state index contributed by atoms with van der Waals surface area (Å²) < 4.78 is 0. The van der Waals surface area contributed by atoms with Crippen molar-refractivity contribution >= 4 is 28.2 Å². The van der Waals surface area contributed by atoms with Crippen molar-refractivity contribution in [1.82, 2.24) is 4.98 Å². The third-order valence-corrected chi connectivity index (χ3v) is 4.28. The maximum absolute atomic E-state index is 5.95. The Bertz CT molecular complexity index is 603. The van der Waals surface area contributed by atoms with Gasteiger partial charge in [-0.1, -0.05) is 0 Å². The summed E-state index contributed by atoms with van der Waals surface area (Å²) in [6.07, 6.45) is 4.88. The van der Waals surface area contributed by atoms with E-state index in [1.807, 2.05) is 0 Å². The maximum atomic E-state index is 5.95. The van der Waals surface area contributed by atoms with Crippen molar-refractivity contribution < 1.29 is 0 Å². The molecule has 3 rings (SSSR count). The van der Waals surface area contributed by atoms with E-state index in [4.69, 9.17) is 11.6 Å². The van der Waals surface area contributed by atoms with Crippen molar-refractivity contribution in [2.75, 3.05) is 23.9 Å². The molecule has 0 saturated carbocycles. The minimum absolute atomic E-state index is 0.659. The molecule has 0 amide bonds. The third-order valence-electron chi connectivity index (χ3n) is 4.09. The monoisotopic (exact) mass is 288 g/mol. The minimum Gasteiger partial charge on any atom is -0.372 e. The van der Waals surface area contributed by atoms with Gasteiger partial charge >= 0.3 is 0 Å². The molecule has 1 aliphatic heterocycles. The molecule has 2 heterocycles. The number of rotatable bonds is 3. The van der Waals surface area contributed by atoms with Crippen LogP contribution in [0.4, 0.5) is 5.69 Å². The van der Waals surface area contributed by atoms with Crippen molar-refractivity contribution in [3.8, 4) is 0 Å². The Kier molecular flexibility index (Phi) is 4.11. The van der Waals surface area contributed by atoms with E-state index in [9.17, 15) is 0 Å². The third kappa shape index (κ3) is 2.76. The number of alkyl halides is 1. The quantitative estimate of drug-likeness (QED) is 0.782. The van der Waals surface area contributed by atoms with Crippen molar-refractivity contribution in [2.45, 2.75) is 32.6 Å². The van der Waals surface area contributed by atoms with Crippen LogP contribution in [0.2, 0.25) is 0 Å². The van der Waals surface area contributed by atoms with Gasteiger partial charge in [-0.05, 0) is 62.4 Å². The Morgan fingerprint density at radius 1 is 1.15 bits per heavy atom. The highest BCUT2D eigenvalue weighted by molar-refractivity contribution is 6.18. The highest BCUT2D eigenvalue weighted by Crippen LogP contribution is 2.27. The topological polar surface area (TPSA) is 16.1 Å². The first-order valence-corrected chi connectivity index (χ1v) is 8.02. The van der Waals surface area contributed by atoms with Gasteiger partial charge in [0, 0.05) is 35.7 Å². The van der Waals surface area contributed by atoms with E-state index in [0.717, 1.165) is 17.6 Å². The van der Waals surface area contributed by atoms with Crippen molar-refractivity contribution in [1.29, 1.82) is 0 Å². The summed E-state index contributed by atoms with van der Waals surface area (Å²) in [6.45, 7) is 4.40. The van der Waals surface area contributed by atoms with Crippen molar-refractivity contribution in [2.24, 2.45) is 0 Å². The van der Waals surface area contributed by atoms with Gasteiger partial charge < -0.3 is 4.90 Å². The number of anilines is 1. The zero-order valence-corrected chi connectivity index (χ0v) is 12.8. The molecule has 0 N–H and O–H groups in total. The average Bonchev–Trinajstić information content (AvgIpc) is 2.48. The van der Waals surface area contributed by atoms with E-state index in [1.54, 1.807) is 0 Å². The van der Waals surface area contributed by atoms with Crippen molar-refractivity contribution in [3.05, 3.63) is 35.5 Å². The number of halogens is 1. The minimum atomic E-state index is 0.659. The molecule has 1 fully saturated rings. The Balaban J connectivity index is 2.04. The summed E-state index contributed by atoms with van der Waals surface area (Å²) in [5.41, 5.74) is 4.81. The van der Waals surface area contributed by atoms with Gasteiger partial charge in [0.05, 0.1) is 5.52 Å². The first-order chi connectivity index (χ1) is 9.78. The fraction of sp³-hybridized carbons (Fsp3) is 0.471. The van der Waals surface area contributed by atoms with Crippen LogP contribution in [0.1, 0.15) is 30.5 Å². The SMILES string of the molecule is Cc1cc(CCCl)c2cc(N3CCCCC3)ccc2n1. The molecule has 2 aromatic rings. The van der Waals surface area contributed by atoms with Gasteiger partial charge in [0.25, 0.3) is 0 Å². The second-order valence-electron chi connectivity index (χ2n) is 5.61. The highest BCUT2D eigenvalue weighted by Gasteiger charge is 2.12. The van der Waals surface area contributed by atoms with Gasteiger partial charge in [0.1, 0.15) is 0 Å². The fourth-order valence-corrected chi connectivity index (χ4v) is 3.29. The molecule has 0 spiro atoms. The molecule has 1 aliphatic rings. The van der Waals surface area contributed by atoms with Gasteiger partial charge in [-0.3, -0.25) is 4.98 Å². The molecular weight excluding hydrogens is 268 g/mol. The molecule has 1 aromatic heterocycles. The summed E-state index contributed by atoms with van der Waals surface area (Å²) in [7, 11) is 0. The Labute approximate surface area is 125 Å². The Hall–Kier alpha value is -1.28. The molecule has 20 heavy (non-hydrogen) atoms. The maximum Gasteiger partial charge on any atom is 0.0709 e. The van der Waals surface area contributed by atoms with Gasteiger partial charge in [-0.25, -0.2) is 0 Å². The van der Waals surface area contributed by atoms with Crippen LogP contribution in [0.5, 0.6) is 0 Å². The first-order valence-electron chi connectivity index (χ1n) is 7.49. The molecule has 0 atom stereocenters. The van der Waals surface area contributed by atoms with E-state index >= 15 is 0 Å². The number of piperidine rings is 1. The van der Waals surface area contributed by atoms with E-state index < -0.39 is 0 Å². The van der Waals surface area contributed by atoms with Crippen LogP contribution in [0, 0.1) is 6.92 Å². The number of hydrogen-bond acceptors (Lipinski definition) is 2. The van der Waals surface area contributed by atoms with Crippen LogP contribution in [0.25, 0.3) is 10.9 Å². The number of fused-ring (bicyclic) bond motifs is 1. The summed E-state index contributed by atoms with van der Waals surface area (Å²) in [5.74, 6) is 0.659. The molecule has 106 valence electrons. The number of hydrogen-bond donors (Lipinski definition) is 0. The van der Waals surface area contributed by atoms with E-state index in [-0.39, 0.29) is 0 Å². The summed E-state index contributed by atoms with van der Waals surface area (Å²) >= 11 is 5.95. The first kappa shape index (κ1) is 13.7. The van der Waals surface area contributed by atoms with Crippen LogP contribution in [0.3, 0.4) is 0 Å². The molecule has 2 nitrogen and oxygen atoms in total. The Morgan fingerprint density at radius 3 is 2.70 bits per heavy atom. The predicted molar refractivity (Wildman–Crippen MR) is 87.0 cm³/mol. The smallest absolute Gasteiger partial charge is 0.0709 e. The lowest BCUT2D eigenvalue weighted by Gasteiger charge is -2.29. The highest BCUT2D eigenvalue weighted by atomic mass is 35.5. The largest absolute Gasteiger partial charge is 0.372 e. The number of nitrogens with zero attached hydrogens (tertiary/aromatic N) is 2. The normalized spacial score (nSPS) is 15.8. The molecule has 0 bridgehead atoms. The van der Waals surface area contributed by atoms with Crippen molar-refractivity contribution in [3.63, 3.8) is 0 Å². The second kappa shape index (κ2) is 6.01. The van der Waals surface area contributed by atoms with Gasteiger partial charge in [0.2, 0.25) is 0 Å². The zero-order chi connectivity index (χ0) is 13.9. The summed E-state index contributed by atoms with van der Waals surface area (Å²) in [5, 5.41) is 1.26. The van der Waals surface area contributed by atoms with Crippen LogP contribution in [-0.4, -0.2) is 24.0 Å². The van der Waals surface area contributed by atoms with Gasteiger partial charge in [-0.15, -0.1) is 11.6 Å². The van der Waals surface area contributed by atoms with Gasteiger partial charge in [0.15, 0.2) is 0 Å².